The lowest BCUT2D eigenvalue weighted by molar-refractivity contribution is 0.590. The largest absolute Gasteiger partial charge is 0.456 e. The number of rotatable bonds is 8. The molecule has 25 rings (SSSR count). The Hall–Kier alpha value is -14.8. The summed E-state index contributed by atoms with van der Waals surface area (Å²) in [5.74, 6) is 0. The van der Waals surface area contributed by atoms with E-state index in [4.69, 9.17) is 8.83 Å². The van der Waals surface area contributed by atoms with Crippen molar-refractivity contribution in [2.45, 2.75) is 131 Å². The van der Waals surface area contributed by atoms with Gasteiger partial charge in [0, 0.05) is 110 Å². The van der Waals surface area contributed by atoms with Gasteiger partial charge in [0.2, 0.25) is 0 Å². The van der Waals surface area contributed by atoms with Crippen molar-refractivity contribution in [2.24, 2.45) is 0 Å². The van der Waals surface area contributed by atoms with E-state index in [1.165, 1.54) is 87.3 Å². The molecule has 8 heterocycles. The Labute approximate surface area is 763 Å². The molecule has 0 unspecified atom stereocenters. The van der Waals surface area contributed by atoms with Crippen molar-refractivity contribution < 1.29 is 8.83 Å². The Morgan fingerprint density at radius 1 is 0.214 bits per heavy atom. The number of fused-ring (bicyclic) bond motifs is 22. The van der Waals surface area contributed by atoms with Crippen LogP contribution in [0.25, 0.3) is 176 Å². The molecule has 17 aromatic carbocycles. The maximum atomic E-state index is 7.38. The summed E-state index contributed by atoms with van der Waals surface area (Å²) in [4.78, 5) is 5.50. The molecule has 23 aromatic rings. The average Bonchev–Trinajstić information content (AvgIpc) is 1.39. The van der Waals surface area contributed by atoms with E-state index in [0.29, 0.717) is 0 Å². The molecule has 0 fully saturated rings. The highest BCUT2D eigenvalue weighted by Crippen LogP contribution is 2.57. The van der Waals surface area contributed by atoms with Crippen molar-refractivity contribution in [3.8, 4) is 45.0 Å². The predicted octanol–water partition coefficient (Wildman–Crippen LogP) is 31.8. The summed E-state index contributed by atoms with van der Waals surface area (Å²) in [6.07, 6.45) is 0. The average molecular weight is 1690 g/mol. The third kappa shape index (κ3) is 11.7. The second-order valence-corrected chi connectivity index (χ2v) is 42.0. The molecule has 0 N–H and O–H groups in total. The van der Waals surface area contributed by atoms with Crippen LogP contribution in [0.4, 0.5) is 34.1 Å². The minimum Gasteiger partial charge on any atom is -0.456 e. The fourth-order valence-corrected chi connectivity index (χ4v) is 22.3. The second kappa shape index (κ2) is 27.9. The lowest BCUT2D eigenvalue weighted by Crippen LogP contribution is -2.61. The van der Waals surface area contributed by atoms with E-state index in [0.717, 1.165) is 167 Å². The number of aromatic nitrogens is 4. The van der Waals surface area contributed by atoms with Crippen LogP contribution >= 0.6 is 0 Å². The summed E-state index contributed by atoms with van der Waals surface area (Å²) < 4.78 is 24.8. The number of hydrogen-bond donors (Lipinski definition) is 0. The Morgan fingerprint density at radius 2 is 0.565 bits per heavy atom. The molecule has 131 heavy (non-hydrogen) atoms. The van der Waals surface area contributed by atoms with Crippen LogP contribution in [0.15, 0.2) is 349 Å². The lowest BCUT2D eigenvalue weighted by atomic mass is 9.33. The van der Waals surface area contributed by atoms with Gasteiger partial charge in [-0.25, -0.2) is 0 Å². The van der Waals surface area contributed by atoms with E-state index in [-0.39, 0.29) is 33.8 Å². The molecule has 0 spiro atoms. The van der Waals surface area contributed by atoms with Gasteiger partial charge in [-0.05, 0) is 210 Å². The second-order valence-electron chi connectivity index (χ2n) is 42.0. The first kappa shape index (κ1) is 78.5. The van der Waals surface area contributed by atoms with Gasteiger partial charge < -0.3 is 36.9 Å². The van der Waals surface area contributed by atoms with Crippen molar-refractivity contribution in [2.75, 3.05) is 9.80 Å². The highest BCUT2D eigenvalue weighted by molar-refractivity contribution is 7.00. The maximum absolute atomic E-state index is 7.38. The van der Waals surface area contributed by atoms with Crippen LogP contribution in [-0.2, 0) is 27.1 Å². The first-order valence-electron chi connectivity index (χ1n) is 46.5. The smallest absolute Gasteiger partial charge is 0.252 e. The SMILES string of the molecule is CC(C)(C)c1ccc2c(c1)B1c3ccc(-n4c5ccc(C(C)(C)C)cc5c5cc(C(C)(C)C)ccc54)cc3N(c3c(-c4cccc5oc6ccccc6c45)cccc3-n3c4ccccc4c4ccccc43)c3cc(-n4c5ccc(C(C)(C)C)cc5c5cc(C(C)(C)C)ccc54)cc(c31)N2c1c(-c2cccc3c2oc2ccccc23)cccc1-n1c2ccccc2c2ccccc21. The molecule has 0 radical (unpaired) electrons. The van der Waals surface area contributed by atoms with E-state index in [1.54, 1.807) is 0 Å². The fourth-order valence-electron chi connectivity index (χ4n) is 22.3. The molecule has 0 aliphatic carbocycles. The summed E-state index contributed by atoms with van der Waals surface area (Å²) >= 11 is 0. The minimum atomic E-state index is -0.390. The number of para-hydroxylation sites is 9. The number of anilines is 6. The Balaban J connectivity index is 0.908. The highest BCUT2D eigenvalue weighted by atomic mass is 16.3. The third-order valence-electron chi connectivity index (χ3n) is 28.9. The van der Waals surface area contributed by atoms with Gasteiger partial charge in [-0.3, -0.25) is 0 Å². The standard InChI is InChI=1S/C122H101BN6O2/c1-118(2,3)72-52-59-100-90(64-72)91-65-73(119(4,5)6)53-60-101(91)124(100)77-57-58-94-107(69-77)129(115-85(84-38-31-51-112-113(84)89-37-21-27-50-111(89)130-112)39-29-47-105(115)126-96-43-22-16-32-79(96)80-33-17-23-44-97(80)126)109-71-78(125-102-61-54-74(120(7,8)9)66-92(102)93-67-75(121(10,11)12)55-62-103(93)125)70-108-114(109)123(94)95-68-76(122(13,14)15)56-63-104(95)128(108)116-86(88-42-28-41-87-83-36-20-26-49-110(83)131-117(87)88)40-30-48-106(116)127-98-45-24-18-34-81(98)82-35-19-25-46-99(82)127/h16-71H,1-15H3. The van der Waals surface area contributed by atoms with E-state index in [9.17, 15) is 0 Å². The van der Waals surface area contributed by atoms with Gasteiger partial charge >= 0.3 is 0 Å². The zero-order valence-electron chi connectivity index (χ0n) is 76.9. The van der Waals surface area contributed by atoms with E-state index >= 15 is 0 Å². The fraction of sp³-hybridized carbons (Fsp3) is 0.164. The van der Waals surface area contributed by atoms with Crippen LogP contribution in [0, 0.1) is 0 Å². The molecular formula is C122H101BN6O2. The first-order valence-corrected chi connectivity index (χ1v) is 46.5. The van der Waals surface area contributed by atoms with Gasteiger partial charge in [0.1, 0.15) is 22.3 Å². The molecule has 6 aromatic heterocycles. The van der Waals surface area contributed by atoms with E-state index in [1.807, 2.05) is 0 Å². The van der Waals surface area contributed by atoms with Crippen molar-refractivity contribution in [1.29, 1.82) is 0 Å². The van der Waals surface area contributed by atoms with Gasteiger partial charge in [-0.2, -0.15) is 0 Å². The Bertz CT molecular complexity index is 8610. The molecular weight excluding hydrogens is 1590 g/mol. The van der Waals surface area contributed by atoms with E-state index < -0.39 is 0 Å². The van der Waals surface area contributed by atoms with Crippen LogP contribution in [0.5, 0.6) is 0 Å². The van der Waals surface area contributed by atoms with Crippen LogP contribution in [0.3, 0.4) is 0 Å². The zero-order valence-corrected chi connectivity index (χ0v) is 76.9. The van der Waals surface area contributed by atoms with Gasteiger partial charge in [-0.1, -0.05) is 310 Å². The van der Waals surface area contributed by atoms with E-state index in [2.05, 4.69) is 472 Å². The molecule has 0 saturated carbocycles. The molecule has 2 aliphatic heterocycles. The Morgan fingerprint density at radius 3 is 1.05 bits per heavy atom. The summed E-state index contributed by atoms with van der Waals surface area (Å²) in [7, 11) is 0. The van der Waals surface area contributed by atoms with Crippen LogP contribution in [0.1, 0.15) is 132 Å². The van der Waals surface area contributed by atoms with Crippen LogP contribution in [0.2, 0.25) is 0 Å². The molecule has 634 valence electrons. The zero-order chi connectivity index (χ0) is 89.1. The number of nitrogens with zero attached hydrogens (tertiary/aromatic N) is 6. The quantitative estimate of drug-likeness (QED) is 0.142. The van der Waals surface area contributed by atoms with Crippen molar-refractivity contribution in [1.82, 2.24) is 18.3 Å². The molecule has 0 amide bonds. The van der Waals surface area contributed by atoms with Crippen molar-refractivity contribution in [3.63, 3.8) is 0 Å². The summed E-state index contributed by atoms with van der Waals surface area (Å²) in [6, 6.07) is 130. The number of hydrogen-bond acceptors (Lipinski definition) is 4. The van der Waals surface area contributed by atoms with Gasteiger partial charge in [0.15, 0.2) is 0 Å². The predicted molar refractivity (Wildman–Crippen MR) is 557 cm³/mol. The van der Waals surface area contributed by atoms with Crippen LogP contribution < -0.4 is 26.2 Å². The maximum Gasteiger partial charge on any atom is 0.252 e. The van der Waals surface area contributed by atoms with Crippen molar-refractivity contribution in [3.05, 3.63) is 368 Å². The molecule has 8 nitrogen and oxygen atoms in total. The summed E-state index contributed by atoms with van der Waals surface area (Å²) in [5, 5.41) is 13.8. The molecule has 0 saturated heterocycles. The summed E-state index contributed by atoms with van der Waals surface area (Å²) in [6.45, 7) is 34.9. The molecule has 0 atom stereocenters. The minimum absolute atomic E-state index is 0.115. The lowest BCUT2D eigenvalue weighted by Gasteiger charge is -2.46. The molecule has 2 aliphatic rings. The van der Waals surface area contributed by atoms with Crippen molar-refractivity contribution >= 4 is 188 Å². The first-order chi connectivity index (χ1) is 63.2. The highest BCUT2D eigenvalue weighted by Gasteiger charge is 2.47. The molecule has 0 bridgehead atoms. The topological polar surface area (TPSA) is 52.5 Å². The van der Waals surface area contributed by atoms with Gasteiger partial charge in [0.25, 0.3) is 6.71 Å². The van der Waals surface area contributed by atoms with Gasteiger partial charge in [-0.15, -0.1) is 0 Å². The third-order valence-corrected chi connectivity index (χ3v) is 28.9. The van der Waals surface area contributed by atoms with Crippen LogP contribution in [-0.4, -0.2) is 25.0 Å². The van der Waals surface area contributed by atoms with Gasteiger partial charge in [0.05, 0.1) is 72.6 Å². The number of furan rings is 2. The number of benzene rings is 17. The summed E-state index contributed by atoms with van der Waals surface area (Å²) in [5.41, 5.74) is 35.8. The molecule has 9 heteroatoms. The normalized spacial score (nSPS) is 13.4. The Kier molecular flexibility index (Phi) is 16.7. The monoisotopic (exact) mass is 1690 g/mol.